The van der Waals surface area contributed by atoms with Crippen molar-refractivity contribution in [3.63, 3.8) is 0 Å². The van der Waals surface area contributed by atoms with E-state index >= 15 is 0 Å². The van der Waals surface area contributed by atoms with Crippen LogP contribution in [-0.4, -0.2) is 20.0 Å². The molecule has 1 aromatic carbocycles. The van der Waals surface area contributed by atoms with Crippen LogP contribution in [0.1, 0.15) is 18.4 Å². The quantitative estimate of drug-likeness (QED) is 0.781. The fourth-order valence-electron chi connectivity index (χ4n) is 1.82. The van der Waals surface area contributed by atoms with Gasteiger partial charge in [0, 0.05) is 12.5 Å². The number of ether oxygens (including phenoxy) is 2. The van der Waals surface area contributed by atoms with Crippen molar-refractivity contribution < 1.29 is 14.3 Å². The van der Waals surface area contributed by atoms with Crippen LogP contribution in [0.4, 0.5) is 0 Å². The van der Waals surface area contributed by atoms with Gasteiger partial charge >= 0.3 is 0 Å². The summed E-state index contributed by atoms with van der Waals surface area (Å²) in [5, 5.41) is 0. The molecule has 0 radical (unpaired) electrons. The topological polar surface area (TPSA) is 35.5 Å². The highest BCUT2D eigenvalue weighted by molar-refractivity contribution is 6.01. The second kappa shape index (κ2) is 4.39. The maximum Gasteiger partial charge on any atom is 0.156 e. The van der Waals surface area contributed by atoms with Crippen LogP contribution in [0.3, 0.4) is 0 Å². The molecule has 0 fully saturated rings. The highest BCUT2D eigenvalue weighted by Crippen LogP contribution is 2.31. The van der Waals surface area contributed by atoms with E-state index in [-0.39, 0.29) is 5.78 Å². The summed E-state index contributed by atoms with van der Waals surface area (Å²) in [6.07, 6.45) is 3.11. The monoisotopic (exact) mass is 218 g/mol. The van der Waals surface area contributed by atoms with Gasteiger partial charge in [-0.3, -0.25) is 4.79 Å². The van der Waals surface area contributed by atoms with E-state index in [4.69, 9.17) is 9.47 Å². The van der Waals surface area contributed by atoms with Gasteiger partial charge in [-0.25, -0.2) is 0 Å². The lowest BCUT2D eigenvalue weighted by Crippen LogP contribution is -1.90. The normalized spacial score (nSPS) is 14.9. The molecule has 0 saturated heterocycles. The minimum atomic E-state index is 0.191. The minimum Gasteiger partial charge on any atom is -0.497 e. The lowest BCUT2D eigenvalue weighted by Gasteiger charge is -2.08. The third-order valence-corrected chi connectivity index (χ3v) is 2.70. The first-order chi connectivity index (χ1) is 7.72. The number of carbonyl (C=O) groups is 1. The first kappa shape index (κ1) is 10.7. The average Bonchev–Trinajstić information content (AvgIpc) is 2.75. The molecule has 0 aromatic heterocycles. The van der Waals surface area contributed by atoms with Gasteiger partial charge in [-0.05, 0) is 35.8 Å². The molecular formula is C13H14O3. The summed E-state index contributed by atoms with van der Waals surface area (Å²) < 4.78 is 10.4. The van der Waals surface area contributed by atoms with E-state index in [1.54, 1.807) is 20.3 Å². The van der Waals surface area contributed by atoms with Gasteiger partial charge in [-0.15, -0.1) is 0 Å². The molecule has 3 nitrogen and oxygen atoms in total. The predicted octanol–water partition coefficient (Wildman–Crippen LogP) is 2.45. The van der Waals surface area contributed by atoms with Gasteiger partial charge in [0.1, 0.15) is 11.5 Å². The van der Waals surface area contributed by atoms with Crippen molar-refractivity contribution in [2.24, 2.45) is 0 Å². The van der Waals surface area contributed by atoms with Gasteiger partial charge in [0.15, 0.2) is 5.78 Å². The molecule has 1 aromatic rings. The molecule has 0 heterocycles. The predicted molar refractivity (Wildman–Crippen MR) is 61.8 cm³/mol. The lowest BCUT2D eigenvalue weighted by molar-refractivity contribution is -0.114. The molecule has 84 valence electrons. The Morgan fingerprint density at radius 2 is 1.62 bits per heavy atom. The van der Waals surface area contributed by atoms with Crippen LogP contribution >= 0.6 is 0 Å². The van der Waals surface area contributed by atoms with Crippen molar-refractivity contribution in [1.29, 1.82) is 0 Å². The number of allylic oxidation sites excluding steroid dienone is 2. The zero-order chi connectivity index (χ0) is 11.5. The summed E-state index contributed by atoms with van der Waals surface area (Å²) in [5.41, 5.74) is 2.06. The zero-order valence-corrected chi connectivity index (χ0v) is 9.45. The third-order valence-electron chi connectivity index (χ3n) is 2.70. The number of rotatable bonds is 3. The van der Waals surface area contributed by atoms with E-state index in [1.807, 2.05) is 18.2 Å². The molecule has 1 aliphatic rings. The first-order valence-corrected chi connectivity index (χ1v) is 5.20. The molecule has 0 unspecified atom stereocenters. The second-order valence-corrected chi connectivity index (χ2v) is 3.74. The molecule has 3 heteroatoms. The summed E-state index contributed by atoms with van der Waals surface area (Å²) in [5.74, 6) is 1.68. The molecule has 0 atom stereocenters. The number of benzene rings is 1. The molecule has 0 amide bonds. The van der Waals surface area contributed by atoms with E-state index in [0.29, 0.717) is 6.42 Å². The molecule has 1 aliphatic carbocycles. The number of ketones is 1. The maximum atomic E-state index is 11.2. The molecule has 0 spiro atoms. The number of hydrogen-bond donors (Lipinski definition) is 0. The van der Waals surface area contributed by atoms with Crippen LogP contribution < -0.4 is 9.47 Å². The van der Waals surface area contributed by atoms with E-state index in [0.717, 1.165) is 29.1 Å². The molecule has 0 bridgehead atoms. The van der Waals surface area contributed by atoms with Crippen molar-refractivity contribution >= 4 is 11.4 Å². The third kappa shape index (κ3) is 2.08. The van der Waals surface area contributed by atoms with Crippen LogP contribution in [0, 0.1) is 0 Å². The van der Waals surface area contributed by atoms with E-state index in [9.17, 15) is 4.79 Å². The van der Waals surface area contributed by atoms with E-state index < -0.39 is 0 Å². The van der Waals surface area contributed by atoms with Crippen molar-refractivity contribution in [1.82, 2.24) is 0 Å². The van der Waals surface area contributed by atoms with Crippen molar-refractivity contribution in [3.8, 4) is 11.5 Å². The molecule has 0 aliphatic heterocycles. The highest BCUT2D eigenvalue weighted by atomic mass is 16.5. The fourth-order valence-corrected chi connectivity index (χ4v) is 1.82. The molecular weight excluding hydrogens is 204 g/mol. The largest absolute Gasteiger partial charge is 0.497 e. The van der Waals surface area contributed by atoms with Crippen molar-refractivity contribution in [3.05, 3.63) is 29.8 Å². The minimum absolute atomic E-state index is 0.191. The molecule has 0 saturated carbocycles. The Bertz CT molecular complexity index is 424. The standard InChI is InChI=1S/C13H14O3/c1-15-12-6-10(7-13(8-12)16-2)9-3-4-11(14)5-9/h5-8H,3-4H2,1-2H3. The number of carbonyl (C=O) groups excluding carboxylic acids is 1. The van der Waals surface area contributed by atoms with Crippen LogP contribution in [0.5, 0.6) is 11.5 Å². The first-order valence-electron chi connectivity index (χ1n) is 5.20. The summed E-state index contributed by atoms with van der Waals surface area (Å²) in [4.78, 5) is 11.2. The van der Waals surface area contributed by atoms with Crippen molar-refractivity contribution in [2.75, 3.05) is 14.2 Å². The molecule has 16 heavy (non-hydrogen) atoms. The van der Waals surface area contributed by atoms with Crippen LogP contribution in [0.2, 0.25) is 0 Å². The Morgan fingerprint density at radius 1 is 1.00 bits per heavy atom. The zero-order valence-electron chi connectivity index (χ0n) is 9.45. The van der Waals surface area contributed by atoms with Gasteiger partial charge in [0.05, 0.1) is 14.2 Å². The van der Waals surface area contributed by atoms with Gasteiger partial charge in [0.25, 0.3) is 0 Å². The smallest absolute Gasteiger partial charge is 0.156 e. The van der Waals surface area contributed by atoms with Gasteiger partial charge < -0.3 is 9.47 Å². The Balaban J connectivity index is 2.40. The SMILES string of the molecule is COc1cc(OC)cc(C2=CC(=O)CC2)c1. The summed E-state index contributed by atoms with van der Waals surface area (Å²) in [7, 11) is 3.24. The summed E-state index contributed by atoms with van der Waals surface area (Å²) in [6.45, 7) is 0. The second-order valence-electron chi connectivity index (χ2n) is 3.74. The Labute approximate surface area is 94.7 Å². The van der Waals surface area contributed by atoms with Crippen molar-refractivity contribution in [2.45, 2.75) is 12.8 Å². The maximum absolute atomic E-state index is 11.2. The average molecular weight is 218 g/mol. The summed E-state index contributed by atoms with van der Waals surface area (Å²) in [6, 6.07) is 5.67. The molecule has 2 rings (SSSR count). The summed E-state index contributed by atoms with van der Waals surface area (Å²) >= 11 is 0. The van der Waals surface area contributed by atoms with E-state index in [2.05, 4.69) is 0 Å². The Kier molecular flexibility index (Phi) is 2.95. The molecule has 0 N–H and O–H groups in total. The number of hydrogen-bond acceptors (Lipinski definition) is 3. The lowest BCUT2D eigenvalue weighted by atomic mass is 10.0. The Morgan fingerprint density at radius 3 is 2.06 bits per heavy atom. The van der Waals surface area contributed by atoms with Crippen LogP contribution in [-0.2, 0) is 4.79 Å². The fraction of sp³-hybridized carbons (Fsp3) is 0.308. The van der Waals surface area contributed by atoms with Gasteiger partial charge in [-0.1, -0.05) is 0 Å². The van der Waals surface area contributed by atoms with Gasteiger partial charge in [-0.2, -0.15) is 0 Å². The van der Waals surface area contributed by atoms with Crippen LogP contribution in [0.25, 0.3) is 5.57 Å². The van der Waals surface area contributed by atoms with Gasteiger partial charge in [0.2, 0.25) is 0 Å². The highest BCUT2D eigenvalue weighted by Gasteiger charge is 2.15. The van der Waals surface area contributed by atoms with Crippen LogP contribution in [0.15, 0.2) is 24.3 Å². The Hall–Kier alpha value is -1.77. The number of methoxy groups -OCH3 is 2. The van der Waals surface area contributed by atoms with E-state index in [1.165, 1.54) is 0 Å².